The Hall–Kier alpha value is -1.28. The van der Waals surface area contributed by atoms with E-state index in [1.165, 1.54) is 35.9 Å². The second kappa shape index (κ2) is 4.77. The molecule has 0 spiro atoms. The Morgan fingerprint density at radius 3 is 2.78 bits per heavy atom. The molecule has 2 aromatic rings. The third-order valence-electron chi connectivity index (χ3n) is 4.29. The van der Waals surface area contributed by atoms with E-state index in [-0.39, 0.29) is 12.5 Å². The number of benzene rings is 1. The topological polar surface area (TPSA) is 25.2 Å². The summed E-state index contributed by atoms with van der Waals surface area (Å²) in [6, 6.07) is 10.8. The zero-order valence-electron chi connectivity index (χ0n) is 11.0. The van der Waals surface area contributed by atoms with Gasteiger partial charge in [-0.25, -0.2) is 0 Å². The smallest absolute Gasteiger partial charge is 0.0511 e. The lowest BCUT2D eigenvalue weighted by Crippen LogP contribution is -2.20. The molecule has 1 fully saturated rings. The molecule has 1 unspecified atom stereocenters. The SMILES string of the molecule is CC(CO)c1cc2ccccc2n1CC1CCC1. The second-order valence-electron chi connectivity index (χ2n) is 5.62. The summed E-state index contributed by atoms with van der Waals surface area (Å²) in [5, 5.41) is 10.7. The molecule has 0 amide bonds. The van der Waals surface area contributed by atoms with Crippen LogP contribution in [0.2, 0.25) is 0 Å². The van der Waals surface area contributed by atoms with Gasteiger partial charge in [0.05, 0.1) is 6.61 Å². The van der Waals surface area contributed by atoms with Gasteiger partial charge in [0, 0.05) is 23.7 Å². The van der Waals surface area contributed by atoms with Crippen molar-refractivity contribution in [2.75, 3.05) is 6.61 Å². The number of hydrogen-bond acceptors (Lipinski definition) is 1. The molecule has 1 N–H and O–H groups in total. The molecule has 96 valence electrons. The molecule has 2 heteroatoms. The Morgan fingerprint density at radius 1 is 1.33 bits per heavy atom. The van der Waals surface area contributed by atoms with Crippen LogP contribution >= 0.6 is 0 Å². The average molecular weight is 243 g/mol. The minimum absolute atomic E-state index is 0.220. The molecular weight excluding hydrogens is 222 g/mol. The van der Waals surface area contributed by atoms with Crippen molar-refractivity contribution >= 4 is 10.9 Å². The van der Waals surface area contributed by atoms with Gasteiger partial charge in [0.1, 0.15) is 0 Å². The van der Waals surface area contributed by atoms with Crippen molar-refractivity contribution in [3.8, 4) is 0 Å². The van der Waals surface area contributed by atoms with Gasteiger partial charge in [0.2, 0.25) is 0 Å². The van der Waals surface area contributed by atoms with Gasteiger partial charge in [-0.05, 0) is 36.3 Å². The standard InChI is InChI=1S/C16H21NO/c1-12(11-18)16-9-14-7-2-3-8-15(14)17(16)10-13-5-4-6-13/h2-3,7-9,12-13,18H,4-6,10-11H2,1H3. The molecule has 3 rings (SSSR count). The third kappa shape index (κ3) is 1.95. The van der Waals surface area contributed by atoms with Gasteiger partial charge < -0.3 is 9.67 Å². The summed E-state index contributed by atoms with van der Waals surface area (Å²) >= 11 is 0. The number of nitrogens with zero attached hydrogens (tertiary/aromatic N) is 1. The van der Waals surface area contributed by atoms with Crippen molar-refractivity contribution < 1.29 is 5.11 Å². The predicted molar refractivity (Wildman–Crippen MR) is 74.8 cm³/mol. The van der Waals surface area contributed by atoms with Crippen LogP contribution in [0.3, 0.4) is 0 Å². The van der Waals surface area contributed by atoms with E-state index < -0.39 is 0 Å². The summed E-state index contributed by atoms with van der Waals surface area (Å²) < 4.78 is 2.43. The van der Waals surface area contributed by atoms with E-state index in [1.807, 2.05) is 0 Å². The lowest BCUT2D eigenvalue weighted by atomic mass is 9.85. The van der Waals surface area contributed by atoms with E-state index in [2.05, 4.69) is 41.8 Å². The number of para-hydroxylation sites is 1. The highest BCUT2D eigenvalue weighted by Crippen LogP contribution is 2.32. The van der Waals surface area contributed by atoms with Crippen molar-refractivity contribution in [3.63, 3.8) is 0 Å². The van der Waals surface area contributed by atoms with Crippen molar-refractivity contribution in [3.05, 3.63) is 36.0 Å². The molecule has 18 heavy (non-hydrogen) atoms. The summed E-state index contributed by atoms with van der Waals surface area (Å²) in [7, 11) is 0. The van der Waals surface area contributed by atoms with Crippen LogP contribution in [0.25, 0.3) is 10.9 Å². The number of aromatic nitrogens is 1. The molecule has 0 aliphatic heterocycles. The van der Waals surface area contributed by atoms with Gasteiger partial charge >= 0.3 is 0 Å². The lowest BCUT2D eigenvalue weighted by molar-refractivity contribution is 0.255. The quantitative estimate of drug-likeness (QED) is 0.873. The molecule has 1 aliphatic rings. The molecule has 2 nitrogen and oxygen atoms in total. The van der Waals surface area contributed by atoms with E-state index in [1.54, 1.807) is 0 Å². The maximum Gasteiger partial charge on any atom is 0.0511 e. The number of hydrogen-bond donors (Lipinski definition) is 1. The fourth-order valence-corrected chi connectivity index (χ4v) is 2.87. The van der Waals surface area contributed by atoms with Crippen LogP contribution in [-0.2, 0) is 6.54 Å². The monoisotopic (exact) mass is 243 g/mol. The highest BCUT2D eigenvalue weighted by atomic mass is 16.3. The highest BCUT2D eigenvalue weighted by molar-refractivity contribution is 5.81. The number of aliphatic hydroxyl groups excluding tert-OH is 1. The van der Waals surface area contributed by atoms with E-state index in [0.29, 0.717) is 0 Å². The molecule has 1 heterocycles. The maximum atomic E-state index is 9.43. The van der Waals surface area contributed by atoms with Crippen molar-refractivity contribution in [2.45, 2.75) is 38.6 Å². The van der Waals surface area contributed by atoms with E-state index in [4.69, 9.17) is 0 Å². The van der Waals surface area contributed by atoms with Gasteiger partial charge in [0.15, 0.2) is 0 Å². The van der Waals surface area contributed by atoms with Crippen LogP contribution in [0, 0.1) is 5.92 Å². The Balaban J connectivity index is 2.04. The van der Waals surface area contributed by atoms with Crippen LogP contribution < -0.4 is 0 Å². The molecule has 1 aliphatic carbocycles. The Morgan fingerprint density at radius 2 is 2.11 bits per heavy atom. The Labute approximate surface area is 108 Å². The summed E-state index contributed by atoms with van der Waals surface area (Å²) in [4.78, 5) is 0. The molecule has 1 saturated carbocycles. The maximum absolute atomic E-state index is 9.43. The van der Waals surface area contributed by atoms with Gasteiger partial charge in [0.25, 0.3) is 0 Å². The largest absolute Gasteiger partial charge is 0.396 e. The van der Waals surface area contributed by atoms with Gasteiger partial charge in [-0.3, -0.25) is 0 Å². The molecule has 0 saturated heterocycles. The fourth-order valence-electron chi connectivity index (χ4n) is 2.87. The number of fused-ring (bicyclic) bond motifs is 1. The minimum Gasteiger partial charge on any atom is -0.396 e. The summed E-state index contributed by atoms with van der Waals surface area (Å²) in [6.45, 7) is 3.44. The molecule has 1 atom stereocenters. The highest BCUT2D eigenvalue weighted by Gasteiger charge is 2.21. The zero-order valence-corrected chi connectivity index (χ0v) is 11.0. The van der Waals surface area contributed by atoms with Crippen molar-refractivity contribution in [2.24, 2.45) is 5.92 Å². The predicted octanol–water partition coefficient (Wildman–Crippen LogP) is 3.54. The van der Waals surface area contributed by atoms with Crippen molar-refractivity contribution in [1.82, 2.24) is 4.57 Å². The lowest BCUT2D eigenvalue weighted by Gasteiger charge is -2.28. The first kappa shape index (κ1) is 11.8. The summed E-state index contributed by atoms with van der Waals surface area (Å²) in [5.41, 5.74) is 2.60. The molecular formula is C16H21NO. The van der Waals surface area contributed by atoms with Gasteiger partial charge in [-0.1, -0.05) is 31.5 Å². The third-order valence-corrected chi connectivity index (χ3v) is 4.29. The van der Waals surface area contributed by atoms with Gasteiger partial charge in [-0.2, -0.15) is 0 Å². The zero-order chi connectivity index (χ0) is 12.5. The van der Waals surface area contributed by atoms with E-state index in [9.17, 15) is 5.11 Å². The first-order chi connectivity index (χ1) is 8.79. The van der Waals surface area contributed by atoms with Gasteiger partial charge in [-0.15, -0.1) is 0 Å². The molecule has 1 aromatic carbocycles. The molecule has 1 aromatic heterocycles. The van der Waals surface area contributed by atoms with Crippen LogP contribution in [0.5, 0.6) is 0 Å². The van der Waals surface area contributed by atoms with Crippen LogP contribution in [0.1, 0.15) is 37.8 Å². The summed E-state index contributed by atoms with van der Waals surface area (Å²) in [6.07, 6.45) is 4.10. The fraction of sp³-hybridized carbons (Fsp3) is 0.500. The average Bonchev–Trinajstić information content (AvgIpc) is 2.71. The number of aliphatic hydroxyl groups is 1. The van der Waals surface area contributed by atoms with Crippen LogP contribution in [0.4, 0.5) is 0 Å². The Kier molecular flexibility index (Phi) is 3.13. The first-order valence-corrected chi connectivity index (χ1v) is 6.98. The Bertz CT molecular complexity index is 539. The van der Waals surface area contributed by atoms with Crippen LogP contribution in [0.15, 0.2) is 30.3 Å². The van der Waals surface area contributed by atoms with E-state index >= 15 is 0 Å². The molecule has 0 radical (unpaired) electrons. The molecule has 0 bridgehead atoms. The first-order valence-electron chi connectivity index (χ1n) is 6.98. The van der Waals surface area contributed by atoms with Crippen molar-refractivity contribution in [1.29, 1.82) is 0 Å². The van der Waals surface area contributed by atoms with E-state index in [0.717, 1.165) is 12.5 Å². The summed E-state index contributed by atoms with van der Waals surface area (Å²) in [5.74, 6) is 1.06. The minimum atomic E-state index is 0.220. The second-order valence-corrected chi connectivity index (χ2v) is 5.62. The normalized spacial score (nSPS) is 17.9. The van der Waals surface area contributed by atoms with Crippen LogP contribution in [-0.4, -0.2) is 16.3 Å². The number of rotatable bonds is 4.